The summed E-state index contributed by atoms with van der Waals surface area (Å²) in [5.74, 6) is 1.82. The first-order valence-electron chi connectivity index (χ1n) is 4.06. The molecule has 0 radical (unpaired) electrons. The quantitative estimate of drug-likeness (QED) is 0.652. The summed E-state index contributed by atoms with van der Waals surface area (Å²) in [5, 5.41) is 0. The Balaban J connectivity index is 3.99. The second-order valence-electron chi connectivity index (χ2n) is 2.95. The molecule has 72 valence electrons. The Bertz CT molecular complexity index is 133. The van der Waals surface area contributed by atoms with Crippen LogP contribution in [0.3, 0.4) is 0 Å². The van der Waals surface area contributed by atoms with Crippen molar-refractivity contribution in [2.75, 3.05) is 25.6 Å². The lowest BCUT2D eigenvalue weighted by Gasteiger charge is -2.18. The van der Waals surface area contributed by atoms with Crippen molar-refractivity contribution in [2.45, 2.75) is 12.8 Å². The molecule has 0 aliphatic heterocycles. The molecule has 0 aliphatic rings. The van der Waals surface area contributed by atoms with E-state index in [0.717, 1.165) is 24.3 Å². The largest absolute Gasteiger partial charge is 0.349 e. The van der Waals surface area contributed by atoms with Gasteiger partial charge in [0.1, 0.15) is 0 Å². The lowest BCUT2D eigenvalue weighted by molar-refractivity contribution is -0.133. The summed E-state index contributed by atoms with van der Waals surface area (Å²) in [4.78, 5) is 13.1. The molecule has 0 unspecified atom stereocenters. The summed E-state index contributed by atoms with van der Waals surface area (Å²) in [5.41, 5.74) is 0. The van der Waals surface area contributed by atoms with Gasteiger partial charge in [-0.25, -0.2) is 0 Å². The Kier molecular flexibility index (Phi) is 6.76. The minimum absolute atomic E-state index is 0.106. The second kappa shape index (κ2) is 6.66. The van der Waals surface area contributed by atoms with E-state index in [9.17, 15) is 4.79 Å². The van der Waals surface area contributed by atoms with Crippen LogP contribution in [-0.4, -0.2) is 36.4 Å². The average Bonchev–Trinajstić information content (AvgIpc) is 2.03. The van der Waals surface area contributed by atoms with Crippen LogP contribution in [-0.2, 0) is 4.79 Å². The summed E-state index contributed by atoms with van der Waals surface area (Å²) in [6.45, 7) is 0. The minimum Gasteiger partial charge on any atom is -0.349 e. The van der Waals surface area contributed by atoms with Crippen LogP contribution in [0.15, 0.2) is 0 Å². The predicted octanol–water partition coefficient (Wildman–Crippen LogP) is 1.33. The van der Waals surface area contributed by atoms with Gasteiger partial charge in [0.05, 0.1) is 0 Å². The van der Waals surface area contributed by atoms with Gasteiger partial charge < -0.3 is 4.90 Å². The van der Waals surface area contributed by atoms with Gasteiger partial charge in [0.25, 0.3) is 0 Å². The molecule has 0 aromatic rings. The normalized spacial score (nSPS) is 10.4. The monoisotopic (exact) mass is 207 g/mol. The fraction of sp³-hybridized carbons (Fsp3) is 0.875. The molecule has 0 atom stereocenters. The first-order valence-corrected chi connectivity index (χ1v) is 5.32. The van der Waals surface area contributed by atoms with E-state index >= 15 is 0 Å². The lowest BCUT2D eigenvalue weighted by atomic mass is 10.0. The summed E-state index contributed by atoms with van der Waals surface area (Å²) in [6.07, 6.45) is 1.70. The maximum atomic E-state index is 11.5. The van der Waals surface area contributed by atoms with Crippen LogP contribution in [0.4, 0.5) is 0 Å². The fourth-order valence-corrected chi connectivity index (χ4v) is 1.69. The van der Waals surface area contributed by atoms with Gasteiger partial charge >= 0.3 is 0 Å². The molecular formula is C8H17NOS2. The van der Waals surface area contributed by atoms with E-state index in [1.54, 1.807) is 19.0 Å². The zero-order valence-corrected chi connectivity index (χ0v) is 9.44. The highest BCUT2D eigenvalue weighted by atomic mass is 32.1. The standard InChI is InChI=1S/C8H17NOS2/c1-9(2)8(10)7(3-5-11)4-6-12/h7,11-12H,3-6H2,1-2H3. The molecule has 0 saturated carbocycles. The third-order valence-corrected chi connectivity index (χ3v) is 2.26. The molecule has 0 fully saturated rings. The van der Waals surface area contributed by atoms with Crippen molar-refractivity contribution in [1.82, 2.24) is 4.90 Å². The summed E-state index contributed by atoms with van der Waals surface area (Å²) in [7, 11) is 3.57. The zero-order valence-electron chi connectivity index (χ0n) is 7.66. The predicted molar refractivity (Wildman–Crippen MR) is 59.1 cm³/mol. The van der Waals surface area contributed by atoms with E-state index in [0.29, 0.717) is 0 Å². The van der Waals surface area contributed by atoms with Gasteiger partial charge in [-0.15, -0.1) is 0 Å². The molecule has 0 bridgehead atoms. The van der Waals surface area contributed by atoms with E-state index in [-0.39, 0.29) is 11.8 Å². The van der Waals surface area contributed by atoms with Crippen molar-refractivity contribution < 1.29 is 4.79 Å². The molecule has 2 nitrogen and oxygen atoms in total. The van der Waals surface area contributed by atoms with Gasteiger partial charge in [-0.1, -0.05) is 0 Å². The van der Waals surface area contributed by atoms with Crippen molar-refractivity contribution in [2.24, 2.45) is 5.92 Å². The molecular weight excluding hydrogens is 190 g/mol. The fourth-order valence-electron chi connectivity index (χ4n) is 1.07. The summed E-state index contributed by atoms with van der Waals surface area (Å²) < 4.78 is 0. The molecule has 0 saturated heterocycles. The first kappa shape index (κ1) is 12.2. The molecule has 0 heterocycles. The number of hydrogen-bond donors (Lipinski definition) is 2. The summed E-state index contributed by atoms with van der Waals surface area (Å²) in [6, 6.07) is 0. The Morgan fingerprint density at radius 2 is 1.67 bits per heavy atom. The molecule has 1 amide bonds. The van der Waals surface area contributed by atoms with E-state index in [2.05, 4.69) is 25.3 Å². The Labute approximate surface area is 85.5 Å². The van der Waals surface area contributed by atoms with Crippen LogP contribution in [0, 0.1) is 5.92 Å². The number of hydrogen-bond acceptors (Lipinski definition) is 3. The van der Waals surface area contributed by atoms with Crippen LogP contribution in [0.2, 0.25) is 0 Å². The Morgan fingerprint density at radius 3 is 1.92 bits per heavy atom. The molecule has 12 heavy (non-hydrogen) atoms. The highest BCUT2D eigenvalue weighted by molar-refractivity contribution is 7.80. The highest BCUT2D eigenvalue weighted by Gasteiger charge is 2.17. The lowest BCUT2D eigenvalue weighted by Crippen LogP contribution is -2.30. The molecule has 0 aromatic heterocycles. The second-order valence-corrected chi connectivity index (χ2v) is 3.85. The number of rotatable bonds is 5. The third-order valence-electron chi connectivity index (χ3n) is 1.75. The Hall–Kier alpha value is 0.170. The molecule has 0 rings (SSSR count). The van der Waals surface area contributed by atoms with E-state index in [4.69, 9.17) is 0 Å². The molecule has 0 N–H and O–H groups in total. The van der Waals surface area contributed by atoms with Gasteiger partial charge in [0.15, 0.2) is 0 Å². The van der Waals surface area contributed by atoms with E-state index in [1.807, 2.05) is 0 Å². The van der Waals surface area contributed by atoms with Gasteiger partial charge in [-0.2, -0.15) is 25.3 Å². The van der Waals surface area contributed by atoms with Crippen molar-refractivity contribution in [1.29, 1.82) is 0 Å². The molecule has 0 aliphatic carbocycles. The smallest absolute Gasteiger partial charge is 0.225 e. The van der Waals surface area contributed by atoms with Gasteiger partial charge in [-0.05, 0) is 24.3 Å². The average molecular weight is 207 g/mol. The zero-order chi connectivity index (χ0) is 9.56. The van der Waals surface area contributed by atoms with Crippen molar-refractivity contribution in [3.63, 3.8) is 0 Å². The van der Waals surface area contributed by atoms with Crippen LogP contribution in [0.25, 0.3) is 0 Å². The number of amides is 1. The third kappa shape index (κ3) is 4.26. The minimum atomic E-state index is 0.106. The van der Waals surface area contributed by atoms with Crippen LogP contribution < -0.4 is 0 Å². The number of carbonyl (C=O) groups is 1. The summed E-state index contributed by atoms with van der Waals surface area (Å²) >= 11 is 8.24. The molecule has 0 spiro atoms. The highest BCUT2D eigenvalue weighted by Crippen LogP contribution is 2.12. The van der Waals surface area contributed by atoms with Crippen molar-refractivity contribution in [3.8, 4) is 0 Å². The van der Waals surface area contributed by atoms with Gasteiger partial charge in [0, 0.05) is 20.0 Å². The maximum absolute atomic E-state index is 11.5. The molecule has 4 heteroatoms. The maximum Gasteiger partial charge on any atom is 0.225 e. The van der Waals surface area contributed by atoms with Gasteiger partial charge in [0.2, 0.25) is 5.91 Å². The Morgan fingerprint density at radius 1 is 1.25 bits per heavy atom. The SMILES string of the molecule is CN(C)C(=O)C(CCS)CCS. The van der Waals surface area contributed by atoms with Crippen molar-refractivity contribution in [3.05, 3.63) is 0 Å². The number of thiol groups is 2. The van der Waals surface area contributed by atoms with Crippen molar-refractivity contribution >= 4 is 31.2 Å². The van der Waals surface area contributed by atoms with Gasteiger partial charge in [-0.3, -0.25) is 4.79 Å². The topological polar surface area (TPSA) is 20.3 Å². The number of nitrogens with zero attached hydrogens (tertiary/aromatic N) is 1. The van der Waals surface area contributed by atoms with E-state index < -0.39 is 0 Å². The van der Waals surface area contributed by atoms with E-state index in [1.165, 1.54) is 0 Å². The van der Waals surface area contributed by atoms with Crippen LogP contribution in [0.1, 0.15) is 12.8 Å². The first-order chi connectivity index (χ1) is 5.63. The van der Waals surface area contributed by atoms with Crippen LogP contribution >= 0.6 is 25.3 Å². The number of carbonyl (C=O) groups excluding carboxylic acids is 1. The molecule has 0 aromatic carbocycles. The van der Waals surface area contributed by atoms with Crippen LogP contribution in [0.5, 0.6) is 0 Å².